The highest BCUT2D eigenvalue weighted by molar-refractivity contribution is 5.90. The Morgan fingerprint density at radius 2 is 1.86 bits per heavy atom. The number of ether oxygens (including phenoxy) is 3. The van der Waals surface area contributed by atoms with Gasteiger partial charge in [-0.3, -0.25) is 0 Å². The van der Waals surface area contributed by atoms with Crippen LogP contribution < -0.4 is 5.32 Å². The van der Waals surface area contributed by atoms with Crippen LogP contribution in [0.1, 0.15) is 36.7 Å². The number of methoxy groups -OCH3 is 1. The molecule has 0 atom stereocenters. The van der Waals surface area contributed by atoms with Gasteiger partial charge in [0.2, 0.25) is 0 Å². The van der Waals surface area contributed by atoms with Crippen LogP contribution in [0.25, 0.3) is 0 Å². The zero-order valence-electron chi connectivity index (χ0n) is 13.5. The van der Waals surface area contributed by atoms with Crippen LogP contribution in [0.4, 0.5) is 4.79 Å². The molecule has 0 aliphatic rings. The van der Waals surface area contributed by atoms with Gasteiger partial charge in [0.15, 0.2) is 0 Å². The van der Waals surface area contributed by atoms with Gasteiger partial charge >= 0.3 is 12.1 Å². The van der Waals surface area contributed by atoms with E-state index < -0.39 is 17.7 Å². The lowest BCUT2D eigenvalue weighted by molar-refractivity contribution is 0.0493. The van der Waals surface area contributed by atoms with E-state index in [2.05, 4.69) is 5.32 Å². The van der Waals surface area contributed by atoms with Crippen molar-refractivity contribution in [2.24, 2.45) is 0 Å². The molecule has 1 amide bonds. The molecule has 0 radical (unpaired) electrons. The highest BCUT2D eigenvalue weighted by atomic mass is 16.6. The summed E-state index contributed by atoms with van der Waals surface area (Å²) in [5, 5.41) is 2.60. The Hall–Kier alpha value is -2.08. The summed E-state index contributed by atoms with van der Waals surface area (Å²) in [6.45, 7) is 6.30. The first-order chi connectivity index (χ1) is 10.3. The Kier molecular flexibility index (Phi) is 6.85. The highest BCUT2D eigenvalue weighted by Crippen LogP contribution is 2.11. The predicted octanol–water partition coefficient (Wildman–Crippen LogP) is 2.51. The monoisotopic (exact) mass is 309 g/mol. The summed E-state index contributed by atoms with van der Waals surface area (Å²) in [7, 11) is 1.34. The van der Waals surface area contributed by atoms with Crippen LogP contribution in [0.2, 0.25) is 0 Å². The SMILES string of the molecule is COC(=O)c1ccccc1COCCNC(=O)OC(C)(C)C. The molecular weight excluding hydrogens is 286 g/mol. The molecule has 6 heteroatoms. The second kappa shape index (κ2) is 8.38. The average molecular weight is 309 g/mol. The average Bonchev–Trinajstić information content (AvgIpc) is 2.44. The van der Waals surface area contributed by atoms with Crippen molar-refractivity contribution in [1.82, 2.24) is 5.32 Å². The molecule has 6 nitrogen and oxygen atoms in total. The molecule has 0 fully saturated rings. The maximum absolute atomic E-state index is 11.6. The van der Waals surface area contributed by atoms with Crippen molar-refractivity contribution in [2.45, 2.75) is 33.0 Å². The maximum atomic E-state index is 11.6. The van der Waals surface area contributed by atoms with Crippen LogP contribution in [0.5, 0.6) is 0 Å². The summed E-state index contributed by atoms with van der Waals surface area (Å²) in [5.41, 5.74) is 0.696. The van der Waals surface area contributed by atoms with E-state index in [1.54, 1.807) is 39.0 Å². The molecule has 0 heterocycles. The summed E-state index contributed by atoms with van der Waals surface area (Å²) in [5.74, 6) is -0.397. The minimum atomic E-state index is -0.523. The largest absolute Gasteiger partial charge is 0.465 e. The van der Waals surface area contributed by atoms with Crippen molar-refractivity contribution in [1.29, 1.82) is 0 Å². The van der Waals surface area contributed by atoms with Crippen molar-refractivity contribution in [3.63, 3.8) is 0 Å². The van der Waals surface area contributed by atoms with E-state index in [1.165, 1.54) is 7.11 Å². The van der Waals surface area contributed by atoms with Crippen molar-refractivity contribution in [3.05, 3.63) is 35.4 Å². The van der Waals surface area contributed by atoms with Crippen molar-refractivity contribution in [2.75, 3.05) is 20.3 Å². The van der Waals surface area contributed by atoms with E-state index in [9.17, 15) is 9.59 Å². The Balaban J connectivity index is 2.34. The Labute approximate surface area is 130 Å². The maximum Gasteiger partial charge on any atom is 0.407 e. The molecule has 0 aliphatic carbocycles. The number of rotatable bonds is 6. The molecule has 22 heavy (non-hydrogen) atoms. The molecule has 122 valence electrons. The van der Waals surface area contributed by atoms with Crippen molar-refractivity contribution < 1.29 is 23.8 Å². The molecule has 0 aromatic heterocycles. The Bertz CT molecular complexity index is 508. The summed E-state index contributed by atoms with van der Waals surface area (Å²) in [4.78, 5) is 23.0. The number of hydrogen-bond acceptors (Lipinski definition) is 5. The molecule has 1 N–H and O–H groups in total. The first kappa shape index (κ1) is 18.0. The second-order valence-electron chi connectivity index (χ2n) is 5.63. The van der Waals surface area contributed by atoms with Gasteiger partial charge in [-0.2, -0.15) is 0 Å². The van der Waals surface area contributed by atoms with Gasteiger partial charge < -0.3 is 19.5 Å². The normalized spacial score (nSPS) is 10.9. The van der Waals surface area contributed by atoms with E-state index in [1.807, 2.05) is 6.07 Å². The fraction of sp³-hybridized carbons (Fsp3) is 0.500. The van der Waals surface area contributed by atoms with E-state index in [0.717, 1.165) is 5.56 Å². The third-order valence-corrected chi connectivity index (χ3v) is 2.59. The van der Waals surface area contributed by atoms with Gasteiger partial charge in [0.05, 0.1) is 25.9 Å². The Morgan fingerprint density at radius 3 is 2.50 bits per heavy atom. The first-order valence-corrected chi connectivity index (χ1v) is 7.04. The van der Waals surface area contributed by atoms with Crippen LogP contribution in [-0.4, -0.2) is 37.9 Å². The van der Waals surface area contributed by atoms with Crippen molar-refractivity contribution in [3.8, 4) is 0 Å². The van der Waals surface area contributed by atoms with Crippen LogP contribution in [0.15, 0.2) is 24.3 Å². The number of hydrogen-bond donors (Lipinski definition) is 1. The lowest BCUT2D eigenvalue weighted by atomic mass is 10.1. The molecule has 0 saturated heterocycles. The first-order valence-electron chi connectivity index (χ1n) is 7.04. The van der Waals surface area contributed by atoms with Gasteiger partial charge in [0.25, 0.3) is 0 Å². The van der Waals surface area contributed by atoms with E-state index in [0.29, 0.717) is 18.7 Å². The van der Waals surface area contributed by atoms with Crippen molar-refractivity contribution >= 4 is 12.1 Å². The predicted molar refractivity (Wildman–Crippen MR) is 81.7 cm³/mol. The standard InChI is InChI=1S/C16H23NO5/c1-16(2,3)22-15(19)17-9-10-21-11-12-7-5-6-8-13(12)14(18)20-4/h5-8H,9-11H2,1-4H3,(H,17,19). The zero-order chi connectivity index (χ0) is 16.6. The quantitative estimate of drug-likeness (QED) is 0.645. The molecular formula is C16H23NO5. The topological polar surface area (TPSA) is 73.9 Å². The van der Waals surface area contributed by atoms with E-state index in [-0.39, 0.29) is 6.61 Å². The third kappa shape index (κ3) is 6.58. The third-order valence-electron chi connectivity index (χ3n) is 2.59. The van der Waals surface area contributed by atoms with Crippen LogP contribution in [0, 0.1) is 0 Å². The fourth-order valence-electron chi connectivity index (χ4n) is 1.68. The molecule has 1 rings (SSSR count). The lowest BCUT2D eigenvalue weighted by Crippen LogP contribution is -2.34. The number of amides is 1. The lowest BCUT2D eigenvalue weighted by Gasteiger charge is -2.19. The highest BCUT2D eigenvalue weighted by Gasteiger charge is 2.15. The van der Waals surface area contributed by atoms with Gasteiger partial charge in [-0.15, -0.1) is 0 Å². The summed E-state index contributed by atoms with van der Waals surface area (Å²) < 4.78 is 15.3. The molecule has 0 aliphatic heterocycles. The van der Waals surface area contributed by atoms with Gasteiger partial charge in [0.1, 0.15) is 5.60 Å². The second-order valence-corrected chi connectivity index (χ2v) is 5.63. The van der Waals surface area contributed by atoms with Crippen LogP contribution in [-0.2, 0) is 20.8 Å². The molecule has 0 spiro atoms. The minimum Gasteiger partial charge on any atom is -0.465 e. The molecule has 0 bridgehead atoms. The summed E-state index contributed by atoms with van der Waals surface area (Å²) >= 11 is 0. The number of carbonyl (C=O) groups is 2. The van der Waals surface area contributed by atoms with Gasteiger partial charge in [-0.05, 0) is 32.4 Å². The minimum absolute atomic E-state index is 0.265. The number of carbonyl (C=O) groups excluding carboxylic acids is 2. The molecule has 1 aromatic carbocycles. The Morgan fingerprint density at radius 1 is 1.18 bits per heavy atom. The zero-order valence-corrected chi connectivity index (χ0v) is 13.5. The number of nitrogens with one attached hydrogen (secondary N) is 1. The smallest absolute Gasteiger partial charge is 0.407 e. The fourth-order valence-corrected chi connectivity index (χ4v) is 1.68. The summed E-state index contributed by atoms with van der Waals surface area (Å²) in [6, 6.07) is 7.07. The number of benzene rings is 1. The van der Waals surface area contributed by atoms with E-state index in [4.69, 9.17) is 14.2 Å². The molecule has 0 unspecified atom stereocenters. The summed E-state index contributed by atoms with van der Waals surface area (Å²) in [6.07, 6.45) is -0.480. The molecule has 1 aromatic rings. The number of esters is 1. The van der Waals surface area contributed by atoms with Crippen LogP contribution in [0.3, 0.4) is 0 Å². The number of alkyl carbamates (subject to hydrolysis) is 1. The molecule has 0 saturated carbocycles. The van der Waals surface area contributed by atoms with Gasteiger partial charge in [-0.1, -0.05) is 18.2 Å². The van der Waals surface area contributed by atoms with E-state index >= 15 is 0 Å². The van der Waals surface area contributed by atoms with Gasteiger partial charge in [-0.25, -0.2) is 9.59 Å². The van der Waals surface area contributed by atoms with Crippen LogP contribution >= 0.6 is 0 Å². The van der Waals surface area contributed by atoms with Gasteiger partial charge in [0, 0.05) is 6.54 Å².